The van der Waals surface area contributed by atoms with Crippen LogP contribution in [0.25, 0.3) is 0 Å². The fraction of sp³-hybridized carbons (Fsp3) is 0.611. The van der Waals surface area contributed by atoms with Crippen molar-refractivity contribution in [3.05, 3.63) is 35.4 Å². The Labute approximate surface area is 122 Å². The van der Waals surface area contributed by atoms with Gasteiger partial charge >= 0.3 is 5.97 Å². The van der Waals surface area contributed by atoms with Crippen molar-refractivity contribution in [1.82, 2.24) is 0 Å². The van der Waals surface area contributed by atoms with Gasteiger partial charge in [0.15, 0.2) is 0 Å². The van der Waals surface area contributed by atoms with Gasteiger partial charge in [0.25, 0.3) is 0 Å². The lowest BCUT2D eigenvalue weighted by molar-refractivity contribution is -0.139. The number of hydrogen-bond donors (Lipinski definition) is 1. The molecule has 0 aromatic heterocycles. The van der Waals surface area contributed by atoms with Crippen molar-refractivity contribution >= 4 is 5.97 Å². The number of aliphatic carboxylic acids is 1. The van der Waals surface area contributed by atoms with Crippen LogP contribution < -0.4 is 0 Å². The summed E-state index contributed by atoms with van der Waals surface area (Å²) in [6, 6.07) is 8.34. The first-order chi connectivity index (χ1) is 9.58. The number of benzene rings is 1. The highest BCUT2D eigenvalue weighted by atomic mass is 16.4. The van der Waals surface area contributed by atoms with E-state index in [0.29, 0.717) is 18.3 Å². The van der Waals surface area contributed by atoms with Crippen LogP contribution in [0.4, 0.5) is 0 Å². The Bertz CT molecular complexity index is 444. The maximum atomic E-state index is 11.5. The van der Waals surface area contributed by atoms with E-state index in [1.807, 2.05) is 12.1 Å². The summed E-state index contributed by atoms with van der Waals surface area (Å²) in [5, 5.41) is 9.48. The highest BCUT2D eigenvalue weighted by Crippen LogP contribution is 2.34. The van der Waals surface area contributed by atoms with Crippen molar-refractivity contribution in [3.8, 4) is 0 Å². The van der Waals surface area contributed by atoms with Crippen LogP contribution in [0, 0.1) is 5.92 Å². The minimum atomic E-state index is -0.695. The van der Waals surface area contributed by atoms with E-state index in [2.05, 4.69) is 26.0 Å². The van der Waals surface area contributed by atoms with E-state index in [4.69, 9.17) is 0 Å². The lowest BCUT2D eigenvalue weighted by Gasteiger charge is -2.23. The van der Waals surface area contributed by atoms with E-state index in [0.717, 1.165) is 5.56 Å². The summed E-state index contributed by atoms with van der Waals surface area (Å²) < 4.78 is 0. The third kappa shape index (κ3) is 3.84. The number of hydrogen-bond acceptors (Lipinski definition) is 1. The van der Waals surface area contributed by atoms with Crippen molar-refractivity contribution in [2.24, 2.45) is 5.92 Å². The predicted molar refractivity (Wildman–Crippen MR) is 82.1 cm³/mol. The molecule has 0 heterocycles. The number of carbonyl (C=O) groups is 1. The van der Waals surface area contributed by atoms with Crippen LogP contribution in [-0.4, -0.2) is 11.1 Å². The Morgan fingerprint density at radius 2 is 1.95 bits per heavy atom. The molecule has 1 aromatic carbocycles. The summed E-state index contributed by atoms with van der Waals surface area (Å²) in [6.07, 6.45) is 7.19. The zero-order chi connectivity index (χ0) is 14.5. The molecule has 0 amide bonds. The third-order valence-corrected chi connectivity index (χ3v) is 4.39. The van der Waals surface area contributed by atoms with Crippen molar-refractivity contribution in [2.45, 2.75) is 64.2 Å². The van der Waals surface area contributed by atoms with E-state index in [1.54, 1.807) is 0 Å². The molecule has 1 fully saturated rings. The van der Waals surface area contributed by atoms with Crippen molar-refractivity contribution < 1.29 is 9.90 Å². The quantitative estimate of drug-likeness (QED) is 0.825. The molecule has 20 heavy (non-hydrogen) atoms. The van der Waals surface area contributed by atoms with Gasteiger partial charge in [-0.2, -0.15) is 0 Å². The zero-order valence-corrected chi connectivity index (χ0v) is 12.6. The molecule has 1 aliphatic carbocycles. The molecule has 1 N–H and O–H groups in total. The van der Waals surface area contributed by atoms with Crippen LogP contribution in [0.2, 0.25) is 0 Å². The fourth-order valence-corrected chi connectivity index (χ4v) is 3.32. The highest BCUT2D eigenvalue weighted by molar-refractivity contribution is 5.76. The maximum Gasteiger partial charge on any atom is 0.310 e. The van der Waals surface area contributed by atoms with E-state index in [9.17, 15) is 9.90 Å². The van der Waals surface area contributed by atoms with Gasteiger partial charge in [-0.15, -0.1) is 0 Å². The second-order valence-electron chi connectivity index (χ2n) is 6.53. The van der Waals surface area contributed by atoms with Gasteiger partial charge in [-0.05, 0) is 42.2 Å². The van der Waals surface area contributed by atoms with Crippen LogP contribution in [-0.2, 0) is 4.79 Å². The second kappa shape index (κ2) is 6.92. The summed E-state index contributed by atoms with van der Waals surface area (Å²) in [6.45, 7) is 4.17. The summed E-state index contributed by atoms with van der Waals surface area (Å²) >= 11 is 0. The molecule has 2 heteroatoms. The predicted octanol–water partition coefficient (Wildman–Crippen LogP) is 4.95. The molecule has 1 aliphatic rings. The molecule has 2 rings (SSSR count). The molecule has 1 atom stereocenters. The second-order valence-corrected chi connectivity index (χ2v) is 6.53. The average molecular weight is 274 g/mol. The Balaban J connectivity index is 2.20. The van der Waals surface area contributed by atoms with Crippen LogP contribution in [0.15, 0.2) is 24.3 Å². The van der Waals surface area contributed by atoms with Gasteiger partial charge in [0.1, 0.15) is 0 Å². The molecule has 110 valence electrons. The van der Waals surface area contributed by atoms with Crippen LogP contribution in [0.3, 0.4) is 0 Å². The van der Waals surface area contributed by atoms with Gasteiger partial charge < -0.3 is 5.11 Å². The van der Waals surface area contributed by atoms with Crippen LogP contribution >= 0.6 is 0 Å². The summed E-state index contributed by atoms with van der Waals surface area (Å²) in [7, 11) is 0. The monoisotopic (exact) mass is 274 g/mol. The molecule has 1 aromatic rings. The number of carboxylic acids is 1. The van der Waals surface area contributed by atoms with Gasteiger partial charge in [-0.25, -0.2) is 0 Å². The average Bonchev–Trinajstić information content (AvgIpc) is 2.45. The Morgan fingerprint density at radius 3 is 2.55 bits per heavy atom. The van der Waals surface area contributed by atoms with Crippen molar-refractivity contribution in [2.75, 3.05) is 0 Å². The van der Waals surface area contributed by atoms with Gasteiger partial charge in [-0.1, -0.05) is 57.4 Å². The van der Waals surface area contributed by atoms with Crippen molar-refractivity contribution in [3.63, 3.8) is 0 Å². The fourth-order valence-electron chi connectivity index (χ4n) is 3.32. The lowest BCUT2D eigenvalue weighted by atomic mass is 9.82. The number of carboxylic acid groups (broad SMARTS) is 1. The van der Waals surface area contributed by atoms with Gasteiger partial charge in [0.2, 0.25) is 0 Å². The Morgan fingerprint density at radius 1 is 1.25 bits per heavy atom. The minimum absolute atomic E-state index is 0.362. The SMILES string of the molecule is CC(C)CC(C(=O)O)c1cccc(C2CCCCC2)c1. The minimum Gasteiger partial charge on any atom is -0.481 e. The van der Waals surface area contributed by atoms with Crippen LogP contribution in [0.1, 0.15) is 75.3 Å². The summed E-state index contributed by atoms with van der Waals surface area (Å²) in [5.41, 5.74) is 2.33. The van der Waals surface area contributed by atoms with E-state index >= 15 is 0 Å². The standard InChI is InChI=1S/C18H26O2/c1-13(2)11-17(18(19)20)16-10-6-9-15(12-16)14-7-4-3-5-8-14/h6,9-10,12-14,17H,3-5,7-8,11H2,1-2H3,(H,19,20). The summed E-state index contributed by atoms with van der Waals surface area (Å²) in [4.78, 5) is 11.5. The molecule has 1 saturated carbocycles. The molecule has 0 saturated heterocycles. The summed E-state index contributed by atoms with van der Waals surface area (Å²) in [5.74, 6) is -0.0235. The first-order valence-electron chi connectivity index (χ1n) is 7.90. The molecule has 1 unspecified atom stereocenters. The molecule has 2 nitrogen and oxygen atoms in total. The van der Waals surface area contributed by atoms with Gasteiger partial charge in [0.05, 0.1) is 5.92 Å². The van der Waals surface area contributed by atoms with E-state index in [1.165, 1.54) is 37.7 Å². The first kappa shape index (κ1) is 15.1. The van der Waals surface area contributed by atoms with Gasteiger partial charge in [0, 0.05) is 0 Å². The number of rotatable bonds is 5. The van der Waals surface area contributed by atoms with E-state index in [-0.39, 0.29) is 5.92 Å². The molecule has 0 aliphatic heterocycles. The van der Waals surface area contributed by atoms with Gasteiger partial charge in [-0.3, -0.25) is 4.79 Å². The third-order valence-electron chi connectivity index (χ3n) is 4.39. The van der Waals surface area contributed by atoms with Crippen LogP contribution in [0.5, 0.6) is 0 Å². The van der Waals surface area contributed by atoms with Crippen molar-refractivity contribution in [1.29, 1.82) is 0 Å². The smallest absolute Gasteiger partial charge is 0.310 e. The Hall–Kier alpha value is -1.31. The molecule has 0 spiro atoms. The van der Waals surface area contributed by atoms with E-state index < -0.39 is 5.97 Å². The topological polar surface area (TPSA) is 37.3 Å². The maximum absolute atomic E-state index is 11.5. The largest absolute Gasteiger partial charge is 0.481 e. The molecular weight excluding hydrogens is 248 g/mol. The first-order valence-corrected chi connectivity index (χ1v) is 7.90. The highest BCUT2D eigenvalue weighted by Gasteiger charge is 2.23. The molecule has 0 bridgehead atoms. The Kier molecular flexibility index (Phi) is 5.22. The normalized spacial score (nSPS) is 18.1. The molecular formula is C18H26O2. The zero-order valence-electron chi connectivity index (χ0n) is 12.6. The molecule has 0 radical (unpaired) electrons. The lowest BCUT2D eigenvalue weighted by Crippen LogP contribution is -2.15.